The summed E-state index contributed by atoms with van der Waals surface area (Å²) in [6, 6.07) is 6.05. The summed E-state index contributed by atoms with van der Waals surface area (Å²) >= 11 is 0. The van der Waals surface area contributed by atoms with Crippen LogP contribution in [0.5, 0.6) is 0 Å². The fourth-order valence-electron chi connectivity index (χ4n) is 4.58. The molecule has 0 unspecified atom stereocenters. The second-order valence-corrected chi connectivity index (χ2v) is 10.1. The summed E-state index contributed by atoms with van der Waals surface area (Å²) in [5.74, 6) is 1.22. The Bertz CT molecular complexity index is 1460. The predicted octanol–water partition coefficient (Wildman–Crippen LogP) is 3.14. The molecular formula is C28H34N8O4. The van der Waals surface area contributed by atoms with Gasteiger partial charge in [0, 0.05) is 68.3 Å². The fourth-order valence-corrected chi connectivity index (χ4v) is 4.58. The highest BCUT2D eigenvalue weighted by molar-refractivity contribution is 5.93. The molecule has 0 aromatic carbocycles. The summed E-state index contributed by atoms with van der Waals surface area (Å²) in [4.78, 5) is 37.7. The van der Waals surface area contributed by atoms with Crippen LogP contribution in [0.25, 0.3) is 16.6 Å². The van der Waals surface area contributed by atoms with Gasteiger partial charge >= 0.3 is 0 Å². The van der Waals surface area contributed by atoms with Crippen LogP contribution in [0.3, 0.4) is 0 Å². The van der Waals surface area contributed by atoms with Crippen molar-refractivity contribution in [3.05, 3.63) is 60.5 Å². The van der Waals surface area contributed by atoms with E-state index >= 15 is 0 Å². The molecule has 0 saturated heterocycles. The van der Waals surface area contributed by atoms with E-state index in [4.69, 9.17) is 9.15 Å². The van der Waals surface area contributed by atoms with Crippen molar-refractivity contribution in [3.63, 3.8) is 0 Å². The average molecular weight is 547 g/mol. The van der Waals surface area contributed by atoms with Gasteiger partial charge in [0.15, 0.2) is 23.2 Å². The predicted molar refractivity (Wildman–Crippen MR) is 147 cm³/mol. The number of carbonyl (C=O) groups excluding carboxylic acids is 2. The minimum atomic E-state index is -0.268. The summed E-state index contributed by atoms with van der Waals surface area (Å²) in [6.45, 7) is 7.29. The number of nitrogens with one attached hydrogen (secondary N) is 3. The third kappa shape index (κ3) is 6.69. The molecule has 0 radical (unpaired) electrons. The molecule has 12 nitrogen and oxygen atoms in total. The second-order valence-electron chi connectivity index (χ2n) is 10.1. The Morgan fingerprint density at radius 3 is 2.73 bits per heavy atom. The zero-order valence-electron chi connectivity index (χ0n) is 22.9. The van der Waals surface area contributed by atoms with E-state index in [9.17, 15) is 9.59 Å². The molecule has 1 saturated carbocycles. The molecule has 0 aliphatic heterocycles. The molecule has 4 heterocycles. The van der Waals surface area contributed by atoms with Crippen molar-refractivity contribution in [1.29, 1.82) is 0 Å². The van der Waals surface area contributed by atoms with Gasteiger partial charge in [0.05, 0.1) is 5.52 Å². The number of aryl methyl sites for hydroxylation is 1. The number of hydrogen-bond donors (Lipinski definition) is 3. The number of fused-ring (bicyclic) bond motifs is 1. The molecule has 12 heteroatoms. The van der Waals surface area contributed by atoms with E-state index in [0.717, 1.165) is 35.9 Å². The third-order valence-corrected chi connectivity index (χ3v) is 6.78. The Labute approximate surface area is 231 Å². The largest absolute Gasteiger partial charge is 0.448 e. The number of anilines is 1. The molecule has 0 bridgehead atoms. The molecule has 1 fully saturated rings. The SMILES string of the molecule is CCCOCc1ncc(-c2ccn3nc(NC(=O)[C@H]4C[C@@H](N[C@@H](C)CNC(=O)c5coc(C)n5)C4)cc3c2)cn1. The topological polar surface area (TPSA) is 149 Å². The number of rotatable bonds is 12. The van der Waals surface area contributed by atoms with Gasteiger partial charge in [0.25, 0.3) is 5.91 Å². The second kappa shape index (κ2) is 12.3. The molecular weight excluding hydrogens is 512 g/mol. The summed E-state index contributed by atoms with van der Waals surface area (Å²) in [7, 11) is 0. The highest BCUT2D eigenvalue weighted by atomic mass is 16.5. The molecule has 5 rings (SSSR count). The lowest BCUT2D eigenvalue weighted by Crippen LogP contribution is -2.51. The first-order chi connectivity index (χ1) is 19.4. The first kappa shape index (κ1) is 27.4. The van der Waals surface area contributed by atoms with Crippen molar-refractivity contribution in [2.75, 3.05) is 18.5 Å². The Kier molecular flexibility index (Phi) is 8.46. The molecule has 40 heavy (non-hydrogen) atoms. The summed E-state index contributed by atoms with van der Waals surface area (Å²) < 4.78 is 12.3. The van der Waals surface area contributed by atoms with Gasteiger partial charge in [-0.3, -0.25) is 9.59 Å². The van der Waals surface area contributed by atoms with Crippen molar-refractivity contribution in [2.24, 2.45) is 5.92 Å². The van der Waals surface area contributed by atoms with Crippen molar-refractivity contribution in [2.45, 2.75) is 58.7 Å². The number of pyridine rings is 1. The zero-order valence-corrected chi connectivity index (χ0v) is 22.9. The lowest BCUT2D eigenvalue weighted by molar-refractivity contribution is -0.123. The van der Waals surface area contributed by atoms with Crippen molar-refractivity contribution in [3.8, 4) is 11.1 Å². The molecule has 1 aliphatic carbocycles. The molecule has 4 aromatic rings. The van der Waals surface area contributed by atoms with Crippen LogP contribution in [0.1, 0.15) is 55.3 Å². The normalized spacial score (nSPS) is 17.4. The van der Waals surface area contributed by atoms with Gasteiger partial charge in [-0.25, -0.2) is 19.5 Å². The van der Waals surface area contributed by atoms with E-state index in [1.54, 1.807) is 23.8 Å². The van der Waals surface area contributed by atoms with Crippen LogP contribution in [-0.2, 0) is 16.1 Å². The maximum absolute atomic E-state index is 12.8. The van der Waals surface area contributed by atoms with Gasteiger partial charge in [-0.1, -0.05) is 6.92 Å². The lowest BCUT2D eigenvalue weighted by Gasteiger charge is -2.36. The van der Waals surface area contributed by atoms with E-state index in [1.165, 1.54) is 6.26 Å². The van der Waals surface area contributed by atoms with Gasteiger partial charge in [0.1, 0.15) is 12.9 Å². The van der Waals surface area contributed by atoms with Gasteiger partial charge in [-0.05, 0) is 43.9 Å². The Hall–Kier alpha value is -4.16. The standard InChI is InChI=1S/C28H34N8O4/c1-4-7-39-16-26-29-13-21(14-30-26)19-5-6-36-23(10-19)11-25(35-36)34-27(37)20-8-22(9-20)32-17(2)12-31-28(38)24-15-40-18(3)33-24/h5-6,10-11,13-15,17,20,22,32H,4,7-9,12,16H2,1-3H3,(H,31,38)(H,34,35,37)/t17-,20-,22+/m0/s1. The highest BCUT2D eigenvalue weighted by Gasteiger charge is 2.35. The molecule has 4 aromatic heterocycles. The van der Waals surface area contributed by atoms with Crippen LogP contribution in [0.4, 0.5) is 5.82 Å². The molecule has 1 aliphatic rings. The van der Waals surface area contributed by atoms with Gasteiger partial charge in [-0.15, -0.1) is 0 Å². The molecule has 210 valence electrons. The van der Waals surface area contributed by atoms with E-state index in [2.05, 4.69) is 42.9 Å². The smallest absolute Gasteiger partial charge is 0.273 e. The van der Waals surface area contributed by atoms with E-state index in [0.29, 0.717) is 37.3 Å². The number of ether oxygens (including phenoxy) is 1. The molecule has 3 N–H and O–H groups in total. The van der Waals surface area contributed by atoms with Crippen molar-refractivity contribution < 1.29 is 18.7 Å². The molecule has 1 atom stereocenters. The first-order valence-electron chi connectivity index (χ1n) is 13.5. The maximum Gasteiger partial charge on any atom is 0.273 e. The maximum atomic E-state index is 12.8. The monoisotopic (exact) mass is 546 g/mol. The minimum absolute atomic E-state index is 0.0432. The number of hydrogen-bond acceptors (Lipinski definition) is 9. The van der Waals surface area contributed by atoms with Crippen molar-refractivity contribution in [1.82, 2.24) is 35.2 Å². The van der Waals surface area contributed by atoms with Crippen molar-refractivity contribution >= 4 is 23.1 Å². The Balaban J connectivity index is 1.08. The quantitative estimate of drug-likeness (QED) is 0.228. The number of carbonyl (C=O) groups is 2. The lowest BCUT2D eigenvalue weighted by atomic mass is 9.79. The van der Waals surface area contributed by atoms with Crippen LogP contribution in [0.2, 0.25) is 0 Å². The minimum Gasteiger partial charge on any atom is -0.448 e. The summed E-state index contributed by atoms with van der Waals surface area (Å²) in [5, 5.41) is 13.7. The zero-order chi connectivity index (χ0) is 28.1. The third-order valence-electron chi connectivity index (χ3n) is 6.78. The van der Waals surface area contributed by atoms with E-state index in [1.807, 2.05) is 31.3 Å². The van der Waals surface area contributed by atoms with Gasteiger partial charge in [-0.2, -0.15) is 5.10 Å². The average Bonchev–Trinajstić information content (AvgIpc) is 3.54. The molecule has 2 amide bonds. The number of amides is 2. The highest BCUT2D eigenvalue weighted by Crippen LogP contribution is 2.29. The van der Waals surface area contributed by atoms with E-state index < -0.39 is 0 Å². The number of nitrogens with zero attached hydrogens (tertiary/aromatic N) is 5. The number of aromatic nitrogens is 5. The Morgan fingerprint density at radius 2 is 2.00 bits per heavy atom. The van der Waals surface area contributed by atoms with E-state index in [-0.39, 0.29) is 35.5 Å². The van der Waals surface area contributed by atoms with Crippen LogP contribution in [0, 0.1) is 12.8 Å². The Morgan fingerprint density at radius 1 is 1.20 bits per heavy atom. The van der Waals surface area contributed by atoms with Crippen LogP contribution in [0.15, 0.2) is 47.5 Å². The van der Waals surface area contributed by atoms with Crippen LogP contribution < -0.4 is 16.0 Å². The summed E-state index contributed by atoms with van der Waals surface area (Å²) in [6.07, 6.45) is 9.18. The van der Waals surface area contributed by atoms with Gasteiger partial charge in [0.2, 0.25) is 5.91 Å². The van der Waals surface area contributed by atoms with Crippen LogP contribution >= 0.6 is 0 Å². The van der Waals surface area contributed by atoms with Crippen LogP contribution in [-0.4, -0.2) is 61.6 Å². The molecule has 0 spiro atoms. The van der Waals surface area contributed by atoms with Gasteiger partial charge < -0.3 is 25.1 Å². The first-order valence-corrected chi connectivity index (χ1v) is 13.5. The summed E-state index contributed by atoms with van der Waals surface area (Å²) in [5.41, 5.74) is 2.97. The number of oxazole rings is 1. The fraction of sp³-hybridized carbons (Fsp3) is 0.429.